The van der Waals surface area contributed by atoms with E-state index in [2.05, 4.69) is 5.32 Å². The van der Waals surface area contributed by atoms with Gasteiger partial charge in [0.15, 0.2) is 17.6 Å². The molecule has 6 nitrogen and oxygen atoms in total. The molecule has 2 heterocycles. The van der Waals surface area contributed by atoms with Crippen molar-refractivity contribution in [3.05, 3.63) is 46.2 Å². The average Bonchev–Trinajstić information content (AvgIpc) is 3.30. The van der Waals surface area contributed by atoms with Gasteiger partial charge < -0.3 is 19.5 Å². The van der Waals surface area contributed by atoms with E-state index in [9.17, 15) is 9.59 Å². The quantitative estimate of drug-likeness (QED) is 0.718. The number of aryl methyl sites for hydroxylation is 1. The fourth-order valence-corrected chi connectivity index (χ4v) is 3.31. The Hall–Kier alpha value is -2.54. The predicted molar refractivity (Wildman–Crippen MR) is 97.2 cm³/mol. The zero-order valence-corrected chi connectivity index (χ0v) is 15.3. The van der Waals surface area contributed by atoms with E-state index in [-0.39, 0.29) is 18.7 Å². The Labute approximate surface area is 156 Å². The number of benzene rings is 1. The molecule has 0 saturated heterocycles. The second kappa shape index (κ2) is 8.71. The van der Waals surface area contributed by atoms with Crippen LogP contribution in [0.3, 0.4) is 0 Å². The van der Waals surface area contributed by atoms with Crippen molar-refractivity contribution in [2.45, 2.75) is 38.8 Å². The molecular weight excluding hydrogens is 354 g/mol. The summed E-state index contributed by atoms with van der Waals surface area (Å²) < 4.78 is 15.8. The topological polar surface area (TPSA) is 73.9 Å². The first-order valence-corrected chi connectivity index (χ1v) is 9.38. The summed E-state index contributed by atoms with van der Waals surface area (Å²) in [6.45, 7) is 2.12. The SMILES string of the molecule is C[C@@H](OC(=O)CCCc1cccs1)C(=O)NCc1ccc2c(c1)OCO2. The minimum atomic E-state index is -0.821. The van der Waals surface area contributed by atoms with Crippen LogP contribution >= 0.6 is 11.3 Å². The van der Waals surface area contributed by atoms with Crippen molar-refractivity contribution in [2.75, 3.05) is 6.79 Å². The first kappa shape index (κ1) is 18.3. The molecule has 0 saturated carbocycles. The summed E-state index contributed by atoms with van der Waals surface area (Å²) in [6, 6.07) is 9.52. The normalized spacial score (nSPS) is 13.3. The van der Waals surface area contributed by atoms with Crippen LogP contribution in [0.2, 0.25) is 0 Å². The second-order valence-corrected chi connectivity index (χ2v) is 7.00. The van der Waals surface area contributed by atoms with Crippen molar-refractivity contribution in [1.29, 1.82) is 0 Å². The van der Waals surface area contributed by atoms with Crippen LogP contribution in [0.5, 0.6) is 11.5 Å². The van der Waals surface area contributed by atoms with Gasteiger partial charge in [-0.1, -0.05) is 12.1 Å². The zero-order valence-electron chi connectivity index (χ0n) is 14.5. The van der Waals surface area contributed by atoms with Crippen LogP contribution in [0.25, 0.3) is 0 Å². The average molecular weight is 375 g/mol. The molecule has 2 aromatic rings. The third kappa shape index (κ3) is 4.98. The maximum Gasteiger partial charge on any atom is 0.306 e. The van der Waals surface area contributed by atoms with E-state index < -0.39 is 6.10 Å². The molecular formula is C19H21NO5S. The number of fused-ring (bicyclic) bond motifs is 1. The number of carbonyl (C=O) groups excluding carboxylic acids is 2. The molecule has 1 aliphatic heterocycles. The van der Waals surface area contributed by atoms with E-state index in [0.717, 1.165) is 12.0 Å². The van der Waals surface area contributed by atoms with Gasteiger partial charge in [-0.05, 0) is 48.9 Å². The molecule has 1 amide bonds. The smallest absolute Gasteiger partial charge is 0.306 e. The van der Waals surface area contributed by atoms with Gasteiger partial charge in [0, 0.05) is 17.8 Å². The monoisotopic (exact) mass is 375 g/mol. The third-order valence-electron chi connectivity index (χ3n) is 3.97. The highest BCUT2D eigenvalue weighted by atomic mass is 32.1. The number of ether oxygens (including phenoxy) is 3. The molecule has 138 valence electrons. The molecule has 0 bridgehead atoms. The highest BCUT2D eigenvalue weighted by molar-refractivity contribution is 7.09. The van der Waals surface area contributed by atoms with Gasteiger partial charge >= 0.3 is 5.97 Å². The fraction of sp³-hybridized carbons (Fsp3) is 0.368. The Morgan fingerprint density at radius 3 is 2.92 bits per heavy atom. The Morgan fingerprint density at radius 1 is 1.27 bits per heavy atom. The van der Waals surface area contributed by atoms with E-state index in [0.29, 0.717) is 30.9 Å². The highest BCUT2D eigenvalue weighted by Gasteiger charge is 2.18. The van der Waals surface area contributed by atoms with E-state index >= 15 is 0 Å². The Bertz CT molecular complexity index is 759. The van der Waals surface area contributed by atoms with Gasteiger partial charge in [-0.25, -0.2) is 0 Å². The summed E-state index contributed by atoms with van der Waals surface area (Å²) in [4.78, 5) is 25.2. The van der Waals surface area contributed by atoms with Crippen molar-refractivity contribution in [3.8, 4) is 11.5 Å². The van der Waals surface area contributed by atoms with Crippen LogP contribution in [-0.4, -0.2) is 24.8 Å². The first-order valence-electron chi connectivity index (χ1n) is 8.50. The Kier molecular flexibility index (Phi) is 6.12. The fourth-order valence-electron chi connectivity index (χ4n) is 2.56. The summed E-state index contributed by atoms with van der Waals surface area (Å²) in [6.07, 6.45) is 1.04. The highest BCUT2D eigenvalue weighted by Crippen LogP contribution is 2.32. The number of rotatable bonds is 8. The summed E-state index contributed by atoms with van der Waals surface area (Å²) in [5.41, 5.74) is 0.886. The Balaban J connectivity index is 1.37. The second-order valence-electron chi connectivity index (χ2n) is 5.97. The largest absolute Gasteiger partial charge is 0.454 e. The van der Waals surface area contributed by atoms with Crippen molar-refractivity contribution < 1.29 is 23.8 Å². The number of thiophene rings is 1. The van der Waals surface area contributed by atoms with Gasteiger partial charge in [0.05, 0.1) is 0 Å². The molecule has 0 fully saturated rings. The van der Waals surface area contributed by atoms with Crippen LogP contribution in [0.15, 0.2) is 35.7 Å². The van der Waals surface area contributed by atoms with Crippen molar-refractivity contribution >= 4 is 23.2 Å². The molecule has 0 spiro atoms. The molecule has 0 aliphatic carbocycles. The summed E-state index contributed by atoms with van der Waals surface area (Å²) in [5.74, 6) is 0.688. The van der Waals surface area contributed by atoms with Crippen molar-refractivity contribution in [2.24, 2.45) is 0 Å². The lowest BCUT2D eigenvalue weighted by Gasteiger charge is -2.13. The molecule has 26 heavy (non-hydrogen) atoms. The van der Waals surface area contributed by atoms with Crippen LogP contribution < -0.4 is 14.8 Å². The van der Waals surface area contributed by atoms with Gasteiger partial charge in [-0.15, -0.1) is 11.3 Å². The molecule has 3 rings (SSSR count). The van der Waals surface area contributed by atoms with Gasteiger partial charge in [-0.3, -0.25) is 9.59 Å². The molecule has 0 unspecified atom stereocenters. The number of esters is 1. The molecule has 1 N–H and O–H groups in total. The van der Waals surface area contributed by atoms with E-state index in [1.807, 2.05) is 29.6 Å². The van der Waals surface area contributed by atoms with Gasteiger partial charge in [0.2, 0.25) is 6.79 Å². The molecule has 1 aromatic carbocycles. The molecule has 1 aromatic heterocycles. The minimum absolute atomic E-state index is 0.213. The summed E-state index contributed by atoms with van der Waals surface area (Å²) >= 11 is 1.67. The van der Waals surface area contributed by atoms with E-state index in [4.69, 9.17) is 14.2 Å². The van der Waals surface area contributed by atoms with Crippen molar-refractivity contribution in [3.63, 3.8) is 0 Å². The maximum atomic E-state index is 12.1. The minimum Gasteiger partial charge on any atom is -0.454 e. The molecule has 1 atom stereocenters. The Morgan fingerprint density at radius 2 is 2.12 bits per heavy atom. The maximum absolute atomic E-state index is 12.1. The number of hydrogen-bond acceptors (Lipinski definition) is 6. The van der Waals surface area contributed by atoms with Gasteiger partial charge in [-0.2, -0.15) is 0 Å². The van der Waals surface area contributed by atoms with Crippen LogP contribution in [0.4, 0.5) is 0 Å². The zero-order chi connectivity index (χ0) is 18.4. The van der Waals surface area contributed by atoms with Crippen LogP contribution in [0.1, 0.15) is 30.2 Å². The lowest BCUT2D eigenvalue weighted by Crippen LogP contribution is -2.35. The van der Waals surface area contributed by atoms with Gasteiger partial charge in [0.1, 0.15) is 0 Å². The first-order chi connectivity index (χ1) is 12.6. The van der Waals surface area contributed by atoms with Crippen LogP contribution in [-0.2, 0) is 27.3 Å². The number of hydrogen-bond donors (Lipinski definition) is 1. The molecule has 0 radical (unpaired) electrons. The molecule has 1 aliphatic rings. The number of amides is 1. The van der Waals surface area contributed by atoms with E-state index in [1.165, 1.54) is 4.88 Å². The lowest BCUT2D eigenvalue weighted by molar-refractivity contribution is -0.154. The molecule has 7 heteroatoms. The van der Waals surface area contributed by atoms with Crippen LogP contribution in [0, 0.1) is 0 Å². The standard InChI is InChI=1S/C19H21NO5S/c1-13(25-18(21)6-2-4-15-5-3-9-26-15)19(22)20-11-14-7-8-16-17(10-14)24-12-23-16/h3,5,7-10,13H,2,4,6,11-12H2,1H3,(H,20,22)/t13-/m1/s1. The third-order valence-corrected chi connectivity index (χ3v) is 4.90. The summed E-state index contributed by atoms with van der Waals surface area (Å²) in [5, 5.41) is 4.78. The summed E-state index contributed by atoms with van der Waals surface area (Å²) in [7, 11) is 0. The number of nitrogens with one attached hydrogen (secondary N) is 1. The lowest BCUT2D eigenvalue weighted by atomic mass is 10.2. The number of carbonyl (C=O) groups is 2. The predicted octanol–water partition coefficient (Wildman–Crippen LogP) is 3.05. The van der Waals surface area contributed by atoms with Gasteiger partial charge in [0.25, 0.3) is 5.91 Å². The van der Waals surface area contributed by atoms with Crippen molar-refractivity contribution in [1.82, 2.24) is 5.32 Å². The van der Waals surface area contributed by atoms with E-state index in [1.54, 1.807) is 24.3 Å².